The summed E-state index contributed by atoms with van der Waals surface area (Å²) in [5, 5.41) is 12.2. The number of aromatic nitrogens is 2. The van der Waals surface area contributed by atoms with E-state index < -0.39 is 0 Å². The number of nitrogens with one attached hydrogen (secondary N) is 1. The minimum Gasteiger partial charge on any atom is -0.496 e. The van der Waals surface area contributed by atoms with E-state index in [1.165, 1.54) is 6.20 Å². The zero-order valence-electron chi connectivity index (χ0n) is 13.1. The van der Waals surface area contributed by atoms with Crippen molar-refractivity contribution in [3.05, 3.63) is 47.9 Å². The molecule has 5 nitrogen and oxygen atoms in total. The van der Waals surface area contributed by atoms with Crippen molar-refractivity contribution in [2.45, 2.75) is 26.3 Å². The van der Waals surface area contributed by atoms with Crippen LogP contribution in [0.15, 0.2) is 36.7 Å². The van der Waals surface area contributed by atoms with E-state index >= 15 is 0 Å². The third-order valence-electron chi connectivity index (χ3n) is 3.54. The summed E-state index contributed by atoms with van der Waals surface area (Å²) in [5.74, 6) is 1.97. The fraction of sp³-hybridized carbons (Fsp3) is 0.353. The molecule has 0 aliphatic rings. The quantitative estimate of drug-likeness (QED) is 0.887. The maximum Gasteiger partial charge on any atom is 0.158 e. The maximum absolute atomic E-state index is 8.76. The average Bonchev–Trinajstić information content (AvgIpc) is 2.55. The molecule has 2 rings (SSSR count). The number of methoxy groups -OCH3 is 1. The molecule has 1 atom stereocenters. The Morgan fingerprint density at radius 2 is 2.00 bits per heavy atom. The number of rotatable bonds is 6. The Hall–Kier alpha value is -2.61. The first kappa shape index (κ1) is 15.8. The van der Waals surface area contributed by atoms with Crippen molar-refractivity contribution in [3.8, 4) is 11.8 Å². The van der Waals surface area contributed by atoms with Crippen LogP contribution in [0.25, 0.3) is 0 Å². The Bertz CT molecular complexity index is 646. The second-order valence-electron chi connectivity index (χ2n) is 5.41. The molecule has 1 heterocycles. The lowest BCUT2D eigenvalue weighted by atomic mass is 9.96. The first-order chi connectivity index (χ1) is 10.6. The molecule has 22 heavy (non-hydrogen) atoms. The fourth-order valence-corrected chi connectivity index (χ4v) is 2.21. The van der Waals surface area contributed by atoms with E-state index in [1.807, 2.05) is 24.3 Å². The Balaban J connectivity index is 2.14. The largest absolute Gasteiger partial charge is 0.496 e. The van der Waals surface area contributed by atoms with E-state index in [1.54, 1.807) is 13.3 Å². The predicted octanol–water partition coefficient (Wildman–Crippen LogP) is 3.04. The van der Waals surface area contributed by atoms with E-state index in [2.05, 4.69) is 35.2 Å². The van der Waals surface area contributed by atoms with E-state index in [0.717, 1.165) is 17.7 Å². The first-order valence-electron chi connectivity index (χ1n) is 7.24. The summed E-state index contributed by atoms with van der Waals surface area (Å²) in [7, 11) is 1.68. The number of para-hydroxylation sites is 1. The van der Waals surface area contributed by atoms with Crippen LogP contribution in [0, 0.1) is 17.2 Å². The molecule has 114 valence electrons. The molecule has 0 bridgehead atoms. The number of anilines is 1. The minimum absolute atomic E-state index is 0.193. The number of ether oxygens (including phenoxy) is 1. The number of nitrogens with zero attached hydrogens (tertiary/aromatic N) is 3. The molecule has 0 aliphatic carbocycles. The van der Waals surface area contributed by atoms with Crippen LogP contribution in [0.2, 0.25) is 0 Å². The van der Waals surface area contributed by atoms with Crippen molar-refractivity contribution in [1.29, 1.82) is 5.26 Å². The van der Waals surface area contributed by atoms with Crippen molar-refractivity contribution in [1.82, 2.24) is 9.97 Å². The second kappa shape index (κ2) is 7.41. The van der Waals surface area contributed by atoms with Crippen molar-refractivity contribution in [2.24, 2.45) is 5.92 Å². The van der Waals surface area contributed by atoms with Gasteiger partial charge in [0.05, 0.1) is 19.5 Å². The second-order valence-corrected chi connectivity index (χ2v) is 5.41. The molecule has 0 saturated heterocycles. The normalized spacial score (nSPS) is 11.8. The molecule has 0 aliphatic heterocycles. The van der Waals surface area contributed by atoms with Crippen LogP contribution in [0.3, 0.4) is 0 Å². The van der Waals surface area contributed by atoms with E-state index in [4.69, 9.17) is 10.00 Å². The van der Waals surface area contributed by atoms with Gasteiger partial charge in [0.2, 0.25) is 0 Å². The Morgan fingerprint density at radius 1 is 1.23 bits per heavy atom. The molecule has 5 heteroatoms. The van der Waals surface area contributed by atoms with Crippen LogP contribution in [-0.2, 0) is 6.42 Å². The number of hydrogen-bond donors (Lipinski definition) is 1. The smallest absolute Gasteiger partial charge is 0.158 e. The van der Waals surface area contributed by atoms with Gasteiger partial charge in [-0.05, 0) is 24.0 Å². The number of nitriles is 1. The lowest BCUT2D eigenvalue weighted by Crippen LogP contribution is -2.28. The fourth-order valence-electron chi connectivity index (χ4n) is 2.21. The van der Waals surface area contributed by atoms with Gasteiger partial charge in [0.25, 0.3) is 0 Å². The first-order valence-corrected chi connectivity index (χ1v) is 7.24. The summed E-state index contributed by atoms with van der Waals surface area (Å²) in [6, 6.07) is 10.2. The number of benzene rings is 1. The monoisotopic (exact) mass is 296 g/mol. The van der Waals surface area contributed by atoms with Gasteiger partial charge in [0.1, 0.15) is 17.6 Å². The summed E-state index contributed by atoms with van der Waals surface area (Å²) in [6.07, 6.45) is 3.89. The molecule has 2 aromatic rings. The van der Waals surface area contributed by atoms with Crippen LogP contribution in [0.4, 0.5) is 5.82 Å². The van der Waals surface area contributed by atoms with Crippen molar-refractivity contribution >= 4 is 5.82 Å². The molecular formula is C17H20N4O. The highest BCUT2D eigenvalue weighted by Crippen LogP contribution is 2.22. The van der Waals surface area contributed by atoms with Crippen LogP contribution in [0.5, 0.6) is 5.75 Å². The molecule has 0 amide bonds. The van der Waals surface area contributed by atoms with Gasteiger partial charge in [-0.2, -0.15) is 5.26 Å². The van der Waals surface area contributed by atoms with Gasteiger partial charge in [0, 0.05) is 6.04 Å². The highest BCUT2D eigenvalue weighted by atomic mass is 16.5. The molecule has 1 N–H and O–H groups in total. The van der Waals surface area contributed by atoms with Gasteiger partial charge in [-0.15, -0.1) is 0 Å². The predicted molar refractivity (Wildman–Crippen MR) is 85.7 cm³/mol. The van der Waals surface area contributed by atoms with Crippen LogP contribution >= 0.6 is 0 Å². The zero-order chi connectivity index (χ0) is 15.9. The highest BCUT2D eigenvalue weighted by Gasteiger charge is 2.16. The summed E-state index contributed by atoms with van der Waals surface area (Å²) < 4.78 is 5.41. The van der Waals surface area contributed by atoms with E-state index in [0.29, 0.717) is 17.4 Å². The van der Waals surface area contributed by atoms with Crippen molar-refractivity contribution < 1.29 is 4.74 Å². The minimum atomic E-state index is 0.193. The molecule has 1 unspecified atom stereocenters. The summed E-state index contributed by atoms with van der Waals surface area (Å²) in [4.78, 5) is 8.27. The maximum atomic E-state index is 8.76. The summed E-state index contributed by atoms with van der Waals surface area (Å²) in [5.41, 5.74) is 1.47. The third-order valence-corrected chi connectivity index (χ3v) is 3.54. The van der Waals surface area contributed by atoms with Gasteiger partial charge in [-0.25, -0.2) is 9.97 Å². The molecule has 0 spiro atoms. The summed E-state index contributed by atoms with van der Waals surface area (Å²) in [6.45, 7) is 4.31. The van der Waals surface area contributed by atoms with Crippen molar-refractivity contribution in [3.63, 3.8) is 0 Å². The number of hydrogen-bond acceptors (Lipinski definition) is 5. The van der Waals surface area contributed by atoms with Gasteiger partial charge in [-0.3, -0.25) is 0 Å². The molecule has 0 fully saturated rings. The highest BCUT2D eigenvalue weighted by molar-refractivity contribution is 5.38. The summed E-state index contributed by atoms with van der Waals surface area (Å²) >= 11 is 0. The zero-order valence-corrected chi connectivity index (χ0v) is 13.1. The lowest BCUT2D eigenvalue weighted by molar-refractivity contribution is 0.405. The standard InChI is InChI=1S/C17H20N4O/c1-12(2)15(8-13-6-4-5-7-16(13)22-3)21-17-11-19-14(9-18)10-20-17/h4-7,10-12,15H,8H2,1-3H3,(H,20,21). The van der Waals surface area contributed by atoms with Gasteiger partial charge < -0.3 is 10.1 Å². The van der Waals surface area contributed by atoms with Crippen molar-refractivity contribution in [2.75, 3.05) is 12.4 Å². The Morgan fingerprint density at radius 3 is 2.59 bits per heavy atom. The molecule has 1 aromatic carbocycles. The third kappa shape index (κ3) is 3.95. The van der Waals surface area contributed by atoms with Crippen LogP contribution in [-0.4, -0.2) is 23.1 Å². The van der Waals surface area contributed by atoms with Gasteiger partial charge in [0.15, 0.2) is 5.69 Å². The molecule has 0 saturated carbocycles. The Kier molecular flexibility index (Phi) is 5.31. The van der Waals surface area contributed by atoms with Crippen LogP contribution in [0.1, 0.15) is 25.1 Å². The van der Waals surface area contributed by atoms with Gasteiger partial charge >= 0.3 is 0 Å². The SMILES string of the molecule is COc1ccccc1CC(Nc1cnc(C#N)cn1)C(C)C. The van der Waals surface area contributed by atoms with Crippen LogP contribution < -0.4 is 10.1 Å². The van der Waals surface area contributed by atoms with Gasteiger partial charge in [-0.1, -0.05) is 32.0 Å². The molecular weight excluding hydrogens is 276 g/mol. The lowest BCUT2D eigenvalue weighted by Gasteiger charge is -2.23. The topological polar surface area (TPSA) is 70.8 Å². The Labute approximate surface area is 131 Å². The van der Waals surface area contributed by atoms with E-state index in [-0.39, 0.29) is 6.04 Å². The van der Waals surface area contributed by atoms with E-state index in [9.17, 15) is 0 Å². The molecule has 0 radical (unpaired) electrons. The average molecular weight is 296 g/mol. The molecule has 1 aromatic heterocycles.